The van der Waals surface area contributed by atoms with E-state index in [1.165, 1.54) is 5.57 Å². The molecule has 1 aliphatic rings. The molecule has 0 radical (unpaired) electrons. The van der Waals surface area contributed by atoms with Gasteiger partial charge in [0.2, 0.25) is 0 Å². The summed E-state index contributed by atoms with van der Waals surface area (Å²) in [5.74, 6) is 0.601. The second-order valence-corrected chi connectivity index (χ2v) is 2.89. The van der Waals surface area contributed by atoms with Gasteiger partial charge in [-0.25, -0.2) is 0 Å². The van der Waals surface area contributed by atoms with Gasteiger partial charge in [-0.05, 0) is 19.3 Å². The third-order valence-electron chi connectivity index (χ3n) is 1.67. The summed E-state index contributed by atoms with van der Waals surface area (Å²) in [6.45, 7) is 4.35. The highest BCUT2D eigenvalue weighted by Gasteiger charge is 1.91. The molecule has 0 bridgehead atoms. The summed E-state index contributed by atoms with van der Waals surface area (Å²) in [7, 11) is 0. The van der Waals surface area contributed by atoms with Gasteiger partial charge < -0.3 is 0 Å². The van der Waals surface area contributed by atoms with E-state index >= 15 is 0 Å². The quantitative estimate of drug-likeness (QED) is 0.446. The van der Waals surface area contributed by atoms with Gasteiger partial charge in [0.15, 0.2) is 0 Å². The third kappa shape index (κ3) is 2.22. The Kier molecular flexibility index (Phi) is 2.49. The molecule has 1 atom stereocenters. The molecule has 0 aromatic rings. The van der Waals surface area contributed by atoms with E-state index in [9.17, 15) is 0 Å². The molecule has 0 aliphatic heterocycles. The molecule has 0 aromatic heterocycles. The van der Waals surface area contributed by atoms with Gasteiger partial charge in [-0.3, -0.25) is 0 Å². The second kappa shape index (κ2) is 3.40. The molecule has 0 spiro atoms. The SMILES string of the molecule is C/C1=C/C=C\C(C)C=CC1. The normalized spacial score (nSPS) is 33.8. The standard InChI is InChI=1S/C10H14/c1-9-5-3-7-10(2)8-4-6-9/h3-7,9H,8H2,1-2H3/b5-3-,6-4?,10-7-. The molecule has 0 N–H and O–H groups in total. The van der Waals surface area contributed by atoms with Crippen LogP contribution in [0, 0.1) is 5.92 Å². The Labute approximate surface area is 62.9 Å². The fourth-order valence-electron chi connectivity index (χ4n) is 0.996. The van der Waals surface area contributed by atoms with Crippen molar-refractivity contribution in [1.29, 1.82) is 0 Å². The zero-order valence-corrected chi connectivity index (χ0v) is 6.67. The molecule has 1 unspecified atom stereocenters. The minimum absolute atomic E-state index is 0.601. The van der Waals surface area contributed by atoms with Crippen LogP contribution >= 0.6 is 0 Å². The van der Waals surface area contributed by atoms with Crippen LogP contribution in [-0.4, -0.2) is 0 Å². The number of rotatable bonds is 0. The fourth-order valence-corrected chi connectivity index (χ4v) is 0.996. The maximum absolute atomic E-state index is 2.24. The molecule has 1 aliphatic carbocycles. The van der Waals surface area contributed by atoms with E-state index in [-0.39, 0.29) is 0 Å². The van der Waals surface area contributed by atoms with E-state index in [0.29, 0.717) is 5.92 Å². The van der Waals surface area contributed by atoms with Gasteiger partial charge in [-0.15, -0.1) is 0 Å². The van der Waals surface area contributed by atoms with Gasteiger partial charge in [-0.1, -0.05) is 42.9 Å². The Balaban J connectivity index is 2.70. The number of hydrogen-bond donors (Lipinski definition) is 0. The highest BCUT2D eigenvalue weighted by atomic mass is 14.0. The van der Waals surface area contributed by atoms with E-state index in [1.807, 2.05) is 0 Å². The summed E-state index contributed by atoms with van der Waals surface area (Å²) in [5.41, 5.74) is 1.43. The van der Waals surface area contributed by atoms with Crippen molar-refractivity contribution in [3.05, 3.63) is 36.0 Å². The minimum atomic E-state index is 0.601. The molecule has 0 heterocycles. The lowest BCUT2D eigenvalue weighted by Gasteiger charge is -2.01. The van der Waals surface area contributed by atoms with Crippen LogP contribution in [-0.2, 0) is 0 Å². The van der Waals surface area contributed by atoms with Crippen molar-refractivity contribution in [2.45, 2.75) is 20.3 Å². The molecule has 0 nitrogen and oxygen atoms in total. The first-order chi connectivity index (χ1) is 4.79. The van der Waals surface area contributed by atoms with E-state index in [4.69, 9.17) is 0 Å². The smallest absolute Gasteiger partial charge is 0.00787 e. The fraction of sp³-hybridized carbons (Fsp3) is 0.400. The van der Waals surface area contributed by atoms with Crippen molar-refractivity contribution in [3.8, 4) is 0 Å². The number of allylic oxidation sites excluding steroid dienone is 6. The van der Waals surface area contributed by atoms with E-state index in [2.05, 4.69) is 44.2 Å². The van der Waals surface area contributed by atoms with Crippen molar-refractivity contribution < 1.29 is 0 Å². The van der Waals surface area contributed by atoms with Crippen LogP contribution in [0.4, 0.5) is 0 Å². The largest absolute Gasteiger partial charge is 0.0839 e. The van der Waals surface area contributed by atoms with Crippen LogP contribution in [0.15, 0.2) is 36.0 Å². The average molecular weight is 134 g/mol. The monoisotopic (exact) mass is 134 g/mol. The molecule has 10 heavy (non-hydrogen) atoms. The van der Waals surface area contributed by atoms with Gasteiger partial charge in [0.1, 0.15) is 0 Å². The number of hydrogen-bond acceptors (Lipinski definition) is 0. The van der Waals surface area contributed by atoms with Crippen molar-refractivity contribution in [2.75, 3.05) is 0 Å². The minimum Gasteiger partial charge on any atom is -0.0839 e. The lowest BCUT2D eigenvalue weighted by molar-refractivity contribution is 0.926. The predicted molar refractivity (Wildman–Crippen MR) is 45.8 cm³/mol. The van der Waals surface area contributed by atoms with Gasteiger partial charge in [0.25, 0.3) is 0 Å². The highest BCUT2D eigenvalue weighted by molar-refractivity contribution is 5.18. The molecule has 1 rings (SSSR count). The van der Waals surface area contributed by atoms with E-state index in [0.717, 1.165) is 6.42 Å². The molecule has 0 fully saturated rings. The van der Waals surface area contributed by atoms with Crippen LogP contribution in [0.25, 0.3) is 0 Å². The summed E-state index contributed by atoms with van der Waals surface area (Å²) in [6.07, 6.45) is 12.1. The molecule has 0 saturated heterocycles. The second-order valence-electron chi connectivity index (χ2n) is 2.89. The maximum Gasteiger partial charge on any atom is -0.00787 e. The van der Waals surface area contributed by atoms with Crippen molar-refractivity contribution in [1.82, 2.24) is 0 Å². The van der Waals surface area contributed by atoms with Gasteiger partial charge >= 0.3 is 0 Å². The Morgan fingerprint density at radius 2 is 2.20 bits per heavy atom. The van der Waals surface area contributed by atoms with Crippen LogP contribution in [0.5, 0.6) is 0 Å². The molecule has 0 saturated carbocycles. The van der Waals surface area contributed by atoms with Crippen molar-refractivity contribution in [2.24, 2.45) is 5.92 Å². The van der Waals surface area contributed by atoms with Crippen LogP contribution in [0.2, 0.25) is 0 Å². The van der Waals surface area contributed by atoms with E-state index in [1.54, 1.807) is 0 Å². The molecular formula is C10H14. The van der Waals surface area contributed by atoms with E-state index < -0.39 is 0 Å². The molecular weight excluding hydrogens is 120 g/mol. The van der Waals surface area contributed by atoms with Crippen molar-refractivity contribution in [3.63, 3.8) is 0 Å². The Morgan fingerprint density at radius 1 is 1.40 bits per heavy atom. The third-order valence-corrected chi connectivity index (χ3v) is 1.67. The predicted octanol–water partition coefficient (Wildman–Crippen LogP) is 3.08. The molecule has 54 valence electrons. The first kappa shape index (κ1) is 7.33. The Bertz CT molecular complexity index is 182. The van der Waals surface area contributed by atoms with Gasteiger partial charge in [-0.2, -0.15) is 0 Å². The average Bonchev–Trinajstić information content (AvgIpc) is 1.84. The summed E-state index contributed by atoms with van der Waals surface area (Å²) in [4.78, 5) is 0. The van der Waals surface area contributed by atoms with Crippen LogP contribution in [0.3, 0.4) is 0 Å². The summed E-state index contributed by atoms with van der Waals surface area (Å²) >= 11 is 0. The van der Waals surface area contributed by atoms with Crippen LogP contribution < -0.4 is 0 Å². The van der Waals surface area contributed by atoms with Crippen molar-refractivity contribution >= 4 is 0 Å². The summed E-state index contributed by atoms with van der Waals surface area (Å²) in [5, 5.41) is 0. The van der Waals surface area contributed by atoms with Crippen LogP contribution in [0.1, 0.15) is 20.3 Å². The maximum atomic E-state index is 2.24. The lowest BCUT2D eigenvalue weighted by Crippen LogP contribution is -1.84. The van der Waals surface area contributed by atoms with Gasteiger partial charge in [0.05, 0.1) is 0 Å². The zero-order valence-electron chi connectivity index (χ0n) is 6.67. The summed E-state index contributed by atoms with van der Waals surface area (Å²) < 4.78 is 0. The zero-order chi connectivity index (χ0) is 7.40. The molecule has 0 amide bonds. The molecule has 0 aromatic carbocycles. The van der Waals surface area contributed by atoms with Gasteiger partial charge in [0, 0.05) is 0 Å². The highest BCUT2D eigenvalue weighted by Crippen LogP contribution is 2.09. The first-order valence-corrected chi connectivity index (χ1v) is 3.79. The lowest BCUT2D eigenvalue weighted by atomic mass is 10.1. The Hall–Kier alpha value is -0.780. The Morgan fingerprint density at radius 3 is 3.00 bits per heavy atom. The molecule has 0 heteroatoms. The first-order valence-electron chi connectivity index (χ1n) is 3.79. The summed E-state index contributed by atoms with van der Waals surface area (Å²) in [6, 6.07) is 0. The topological polar surface area (TPSA) is 0 Å².